The molecular formula is C14H21NO. The minimum atomic E-state index is 0.562. The van der Waals surface area contributed by atoms with Crippen LogP contribution in [0.25, 0.3) is 0 Å². The van der Waals surface area contributed by atoms with Crippen molar-refractivity contribution in [3.05, 3.63) is 34.9 Å². The quantitative estimate of drug-likeness (QED) is 0.769. The predicted molar refractivity (Wildman–Crippen MR) is 66.7 cm³/mol. The van der Waals surface area contributed by atoms with E-state index in [0.29, 0.717) is 6.04 Å². The van der Waals surface area contributed by atoms with Crippen molar-refractivity contribution < 1.29 is 4.74 Å². The molecule has 0 spiro atoms. The third-order valence-corrected chi connectivity index (χ3v) is 3.42. The first kappa shape index (κ1) is 11.6. The standard InChI is InChI=1S/C14H21NO/c1-11-5-3-6-13-12(11)7-8-14(13)15-9-4-10-16-2/h3,5-6,14-15H,4,7-10H2,1-2H3. The zero-order valence-electron chi connectivity index (χ0n) is 10.3. The zero-order chi connectivity index (χ0) is 11.4. The third kappa shape index (κ3) is 2.45. The summed E-state index contributed by atoms with van der Waals surface area (Å²) in [6.45, 7) is 4.11. The number of rotatable bonds is 5. The van der Waals surface area contributed by atoms with Gasteiger partial charge in [-0.2, -0.15) is 0 Å². The Labute approximate surface area is 98.0 Å². The molecule has 1 aromatic carbocycles. The van der Waals surface area contributed by atoms with Crippen LogP contribution in [0.4, 0.5) is 0 Å². The van der Waals surface area contributed by atoms with Gasteiger partial charge in [-0.05, 0) is 49.4 Å². The first-order valence-corrected chi connectivity index (χ1v) is 6.13. The molecule has 0 amide bonds. The van der Waals surface area contributed by atoms with Crippen molar-refractivity contribution in [2.75, 3.05) is 20.3 Å². The van der Waals surface area contributed by atoms with Crippen molar-refractivity contribution in [2.24, 2.45) is 0 Å². The van der Waals surface area contributed by atoms with Crippen LogP contribution in [0.2, 0.25) is 0 Å². The minimum Gasteiger partial charge on any atom is -0.385 e. The Kier molecular flexibility index (Phi) is 3.97. The second-order valence-electron chi connectivity index (χ2n) is 4.53. The number of benzene rings is 1. The number of methoxy groups -OCH3 is 1. The fraction of sp³-hybridized carbons (Fsp3) is 0.571. The molecule has 0 fully saturated rings. The molecule has 88 valence electrons. The lowest BCUT2D eigenvalue weighted by atomic mass is 10.0. The van der Waals surface area contributed by atoms with Crippen molar-refractivity contribution in [3.8, 4) is 0 Å². The number of fused-ring (bicyclic) bond motifs is 1. The van der Waals surface area contributed by atoms with Gasteiger partial charge in [0.15, 0.2) is 0 Å². The van der Waals surface area contributed by atoms with Gasteiger partial charge >= 0.3 is 0 Å². The van der Waals surface area contributed by atoms with E-state index in [1.165, 1.54) is 24.0 Å². The fourth-order valence-electron chi connectivity index (χ4n) is 2.54. The summed E-state index contributed by atoms with van der Waals surface area (Å²) < 4.78 is 5.06. The van der Waals surface area contributed by atoms with Crippen molar-refractivity contribution in [3.63, 3.8) is 0 Å². The maximum absolute atomic E-state index is 5.06. The first-order valence-electron chi connectivity index (χ1n) is 6.13. The summed E-state index contributed by atoms with van der Waals surface area (Å²) in [6, 6.07) is 7.21. The number of hydrogen-bond donors (Lipinski definition) is 1. The largest absolute Gasteiger partial charge is 0.385 e. The van der Waals surface area contributed by atoms with Gasteiger partial charge in [-0.1, -0.05) is 18.2 Å². The van der Waals surface area contributed by atoms with Gasteiger partial charge in [0.05, 0.1) is 0 Å². The lowest BCUT2D eigenvalue weighted by Crippen LogP contribution is -2.21. The van der Waals surface area contributed by atoms with Gasteiger partial charge < -0.3 is 10.1 Å². The molecule has 1 aliphatic rings. The second kappa shape index (κ2) is 5.46. The topological polar surface area (TPSA) is 21.3 Å². The fourth-order valence-corrected chi connectivity index (χ4v) is 2.54. The average molecular weight is 219 g/mol. The average Bonchev–Trinajstić information content (AvgIpc) is 2.70. The van der Waals surface area contributed by atoms with E-state index in [1.807, 2.05) is 0 Å². The summed E-state index contributed by atoms with van der Waals surface area (Å²) in [4.78, 5) is 0. The van der Waals surface area contributed by atoms with E-state index in [1.54, 1.807) is 12.7 Å². The molecule has 0 saturated carbocycles. The monoisotopic (exact) mass is 219 g/mol. The van der Waals surface area contributed by atoms with Crippen LogP contribution in [0, 0.1) is 6.92 Å². The summed E-state index contributed by atoms with van der Waals surface area (Å²) in [5, 5.41) is 3.62. The van der Waals surface area contributed by atoms with Crippen LogP contribution in [-0.2, 0) is 11.2 Å². The summed E-state index contributed by atoms with van der Waals surface area (Å²) in [5.74, 6) is 0. The van der Waals surface area contributed by atoms with Gasteiger partial charge in [0.25, 0.3) is 0 Å². The highest BCUT2D eigenvalue weighted by molar-refractivity contribution is 5.40. The molecule has 0 saturated heterocycles. The van der Waals surface area contributed by atoms with E-state index < -0.39 is 0 Å². The molecule has 0 heterocycles. The smallest absolute Gasteiger partial charge is 0.0474 e. The van der Waals surface area contributed by atoms with Crippen LogP contribution < -0.4 is 5.32 Å². The minimum absolute atomic E-state index is 0.562. The molecule has 1 aromatic rings. The Hall–Kier alpha value is -0.860. The molecule has 1 N–H and O–H groups in total. The lowest BCUT2D eigenvalue weighted by Gasteiger charge is -2.14. The molecule has 2 nitrogen and oxygen atoms in total. The molecule has 16 heavy (non-hydrogen) atoms. The number of nitrogens with one attached hydrogen (secondary N) is 1. The molecule has 0 aromatic heterocycles. The van der Waals surface area contributed by atoms with Gasteiger partial charge in [0.1, 0.15) is 0 Å². The number of hydrogen-bond acceptors (Lipinski definition) is 2. The summed E-state index contributed by atoms with van der Waals surface area (Å²) in [6.07, 6.45) is 3.56. The summed E-state index contributed by atoms with van der Waals surface area (Å²) >= 11 is 0. The Bertz CT molecular complexity index is 349. The van der Waals surface area contributed by atoms with E-state index >= 15 is 0 Å². The van der Waals surface area contributed by atoms with Crippen LogP contribution >= 0.6 is 0 Å². The van der Waals surface area contributed by atoms with Gasteiger partial charge in [0.2, 0.25) is 0 Å². The maximum Gasteiger partial charge on any atom is 0.0474 e. The number of ether oxygens (including phenoxy) is 1. The Balaban J connectivity index is 1.93. The molecule has 1 aliphatic carbocycles. The molecule has 1 unspecified atom stereocenters. The van der Waals surface area contributed by atoms with Gasteiger partial charge in [-0.3, -0.25) is 0 Å². The van der Waals surface area contributed by atoms with E-state index in [2.05, 4.69) is 30.4 Å². The van der Waals surface area contributed by atoms with Crippen LogP contribution in [0.5, 0.6) is 0 Å². The Morgan fingerprint density at radius 1 is 1.44 bits per heavy atom. The summed E-state index contributed by atoms with van der Waals surface area (Å²) in [7, 11) is 1.76. The van der Waals surface area contributed by atoms with Gasteiger partial charge in [-0.25, -0.2) is 0 Å². The molecule has 0 aliphatic heterocycles. The summed E-state index contributed by atoms with van der Waals surface area (Å²) in [5.41, 5.74) is 4.52. The molecule has 0 radical (unpaired) electrons. The van der Waals surface area contributed by atoms with Crippen molar-refractivity contribution in [1.29, 1.82) is 0 Å². The number of aryl methyl sites for hydroxylation is 1. The van der Waals surface area contributed by atoms with Crippen LogP contribution in [0.15, 0.2) is 18.2 Å². The van der Waals surface area contributed by atoms with Crippen molar-refractivity contribution in [2.45, 2.75) is 32.2 Å². The molecule has 2 heteroatoms. The Morgan fingerprint density at radius 3 is 3.12 bits per heavy atom. The highest BCUT2D eigenvalue weighted by Gasteiger charge is 2.22. The van der Waals surface area contributed by atoms with E-state index in [0.717, 1.165) is 19.6 Å². The molecule has 0 bridgehead atoms. The second-order valence-corrected chi connectivity index (χ2v) is 4.53. The van der Waals surface area contributed by atoms with E-state index in [-0.39, 0.29) is 0 Å². The van der Waals surface area contributed by atoms with Crippen LogP contribution in [0.3, 0.4) is 0 Å². The van der Waals surface area contributed by atoms with Crippen LogP contribution in [0.1, 0.15) is 35.6 Å². The van der Waals surface area contributed by atoms with Crippen molar-refractivity contribution in [1.82, 2.24) is 5.32 Å². The molecule has 2 rings (SSSR count). The first-order chi connectivity index (χ1) is 7.83. The zero-order valence-corrected chi connectivity index (χ0v) is 10.3. The Morgan fingerprint density at radius 2 is 2.31 bits per heavy atom. The van der Waals surface area contributed by atoms with Crippen molar-refractivity contribution >= 4 is 0 Å². The van der Waals surface area contributed by atoms with Gasteiger partial charge in [-0.15, -0.1) is 0 Å². The third-order valence-electron chi connectivity index (χ3n) is 3.42. The lowest BCUT2D eigenvalue weighted by molar-refractivity contribution is 0.193. The van der Waals surface area contributed by atoms with E-state index in [9.17, 15) is 0 Å². The highest BCUT2D eigenvalue weighted by atomic mass is 16.5. The maximum atomic E-state index is 5.06. The molecular weight excluding hydrogens is 198 g/mol. The van der Waals surface area contributed by atoms with E-state index in [4.69, 9.17) is 4.74 Å². The van der Waals surface area contributed by atoms with Gasteiger partial charge in [0, 0.05) is 19.8 Å². The molecule has 1 atom stereocenters. The SMILES string of the molecule is COCCCNC1CCc2c(C)cccc21. The predicted octanol–water partition coefficient (Wildman–Crippen LogP) is 2.61. The normalized spacial score (nSPS) is 18.8. The van der Waals surface area contributed by atoms with Crippen LogP contribution in [-0.4, -0.2) is 20.3 Å². The highest BCUT2D eigenvalue weighted by Crippen LogP contribution is 2.32.